The normalized spacial score (nSPS) is 9.28. The molecule has 0 fully saturated rings. The van der Waals surface area contributed by atoms with E-state index < -0.39 is 0 Å². The molecule has 0 radical (unpaired) electrons. The zero-order chi connectivity index (χ0) is 12.7. The molecule has 0 aliphatic heterocycles. The molecule has 0 saturated heterocycles. The Hall–Kier alpha value is -1.46. The van der Waals surface area contributed by atoms with Crippen LogP contribution in [0.25, 0.3) is 0 Å². The highest BCUT2D eigenvalue weighted by molar-refractivity contribution is 5.85. The monoisotopic (exact) mass is 274 g/mol. The Morgan fingerprint density at radius 3 is 2.50 bits per heavy atom. The largest absolute Gasteiger partial charge is 0.493 e. The first kappa shape index (κ1) is 16.5. The highest BCUT2D eigenvalue weighted by Gasteiger charge is 2.07. The van der Waals surface area contributed by atoms with E-state index in [-0.39, 0.29) is 24.9 Å². The Balaban J connectivity index is 0.00000289. The fourth-order valence-corrected chi connectivity index (χ4v) is 1.31. The van der Waals surface area contributed by atoms with Crippen molar-refractivity contribution in [2.45, 2.75) is 0 Å². The quantitative estimate of drug-likeness (QED) is 0.838. The molecule has 1 aromatic rings. The van der Waals surface area contributed by atoms with Gasteiger partial charge in [0.05, 0.1) is 20.2 Å². The maximum atomic E-state index is 11.2. The highest BCUT2D eigenvalue weighted by Crippen LogP contribution is 2.25. The molecule has 6 heteroatoms. The van der Waals surface area contributed by atoms with E-state index in [0.29, 0.717) is 24.7 Å². The maximum absolute atomic E-state index is 11.2. The van der Waals surface area contributed by atoms with E-state index in [1.807, 2.05) is 24.3 Å². The van der Waals surface area contributed by atoms with Gasteiger partial charge in [-0.25, -0.2) is 0 Å². The Labute approximate surface area is 113 Å². The maximum Gasteiger partial charge on any atom is 0.236 e. The van der Waals surface area contributed by atoms with Gasteiger partial charge in [0.15, 0.2) is 11.5 Å². The third kappa shape index (κ3) is 4.81. The average molecular weight is 275 g/mol. The van der Waals surface area contributed by atoms with Crippen LogP contribution in [0.2, 0.25) is 0 Å². The van der Waals surface area contributed by atoms with Gasteiger partial charge in [0.2, 0.25) is 5.91 Å². The Morgan fingerprint density at radius 2 is 1.94 bits per heavy atom. The molecule has 1 amide bonds. The van der Waals surface area contributed by atoms with Crippen LogP contribution in [0.15, 0.2) is 24.3 Å². The number of nitrogens with two attached hydrogens (primary N) is 1. The zero-order valence-corrected chi connectivity index (χ0v) is 11.4. The molecular formula is C12H19ClN2O3. The minimum absolute atomic E-state index is 0. The fraction of sp³-hybridized carbons (Fsp3) is 0.417. The van der Waals surface area contributed by atoms with Crippen molar-refractivity contribution in [2.24, 2.45) is 5.73 Å². The topological polar surface area (TPSA) is 64.8 Å². The third-order valence-electron chi connectivity index (χ3n) is 2.35. The van der Waals surface area contributed by atoms with E-state index >= 15 is 0 Å². The summed E-state index contributed by atoms with van der Waals surface area (Å²) in [5.74, 6) is 1.25. The van der Waals surface area contributed by atoms with E-state index in [2.05, 4.69) is 0 Å². The first-order chi connectivity index (χ1) is 8.19. The van der Waals surface area contributed by atoms with Gasteiger partial charge in [-0.05, 0) is 12.1 Å². The summed E-state index contributed by atoms with van der Waals surface area (Å²) in [4.78, 5) is 12.7. The molecule has 18 heavy (non-hydrogen) atoms. The number of halogens is 1. The number of hydrogen-bond donors (Lipinski definition) is 1. The summed E-state index contributed by atoms with van der Waals surface area (Å²) in [6, 6.07) is 7.38. The zero-order valence-electron chi connectivity index (χ0n) is 10.6. The number of carbonyl (C=O) groups is 1. The second-order valence-corrected chi connectivity index (χ2v) is 3.52. The number of likely N-dealkylation sites (N-methyl/N-ethyl adjacent to an activating group) is 1. The van der Waals surface area contributed by atoms with Gasteiger partial charge in [-0.1, -0.05) is 12.1 Å². The summed E-state index contributed by atoms with van der Waals surface area (Å²) < 4.78 is 10.7. The van der Waals surface area contributed by atoms with Crippen LogP contribution in [0.1, 0.15) is 0 Å². The fourth-order valence-electron chi connectivity index (χ4n) is 1.31. The molecule has 5 nitrogen and oxygen atoms in total. The lowest BCUT2D eigenvalue weighted by atomic mass is 10.3. The summed E-state index contributed by atoms with van der Waals surface area (Å²) >= 11 is 0. The van der Waals surface area contributed by atoms with E-state index in [9.17, 15) is 4.79 Å². The molecule has 0 aromatic heterocycles. The summed E-state index contributed by atoms with van der Waals surface area (Å²) in [7, 11) is 3.28. The predicted octanol–water partition coefficient (Wildman–Crippen LogP) is 0.913. The van der Waals surface area contributed by atoms with Crippen molar-refractivity contribution in [1.29, 1.82) is 0 Å². The number of ether oxygens (including phenoxy) is 2. The number of nitrogens with zero attached hydrogens (tertiary/aromatic N) is 1. The van der Waals surface area contributed by atoms with Crippen LogP contribution in [0, 0.1) is 0 Å². The molecule has 1 rings (SSSR count). The van der Waals surface area contributed by atoms with Gasteiger partial charge in [0.1, 0.15) is 6.61 Å². The predicted molar refractivity (Wildman–Crippen MR) is 72.4 cm³/mol. The molecule has 0 atom stereocenters. The first-order valence-electron chi connectivity index (χ1n) is 5.39. The lowest BCUT2D eigenvalue weighted by Crippen LogP contribution is -2.35. The van der Waals surface area contributed by atoms with Crippen molar-refractivity contribution >= 4 is 18.3 Å². The van der Waals surface area contributed by atoms with Crippen molar-refractivity contribution in [2.75, 3.05) is 33.9 Å². The van der Waals surface area contributed by atoms with Crippen molar-refractivity contribution in [1.82, 2.24) is 4.90 Å². The van der Waals surface area contributed by atoms with Gasteiger partial charge in [-0.3, -0.25) is 4.79 Å². The Kier molecular flexibility index (Phi) is 7.91. The first-order valence-corrected chi connectivity index (χ1v) is 5.39. The standard InChI is InChI=1S/C12H18N2O3.ClH/c1-14(12(15)9-13)7-8-17-11-6-4-3-5-10(11)16-2;/h3-6H,7-9,13H2,1-2H3;1H. The Morgan fingerprint density at radius 1 is 1.33 bits per heavy atom. The van der Waals surface area contributed by atoms with Crippen molar-refractivity contribution in [3.8, 4) is 11.5 Å². The number of hydrogen-bond acceptors (Lipinski definition) is 4. The summed E-state index contributed by atoms with van der Waals surface area (Å²) in [5, 5.41) is 0. The van der Waals surface area contributed by atoms with E-state index in [4.69, 9.17) is 15.2 Å². The molecule has 0 spiro atoms. The van der Waals surface area contributed by atoms with Crippen LogP contribution >= 0.6 is 12.4 Å². The molecule has 1 aromatic carbocycles. The summed E-state index contributed by atoms with van der Waals surface area (Å²) in [6.07, 6.45) is 0. The molecule has 0 unspecified atom stereocenters. The number of para-hydroxylation sites is 2. The van der Waals surface area contributed by atoms with Crippen LogP contribution < -0.4 is 15.2 Å². The van der Waals surface area contributed by atoms with Crippen LogP contribution in [0.4, 0.5) is 0 Å². The molecule has 0 aliphatic carbocycles. The molecular weight excluding hydrogens is 256 g/mol. The van der Waals surface area contributed by atoms with Gasteiger partial charge in [-0.2, -0.15) is 0 Å². The van der Waals surface area contributed by atoms with Gasteiger partial charge < -0.3 is 20.1 Å². The van der Waals surface area contributed by atoms with Gasteiger partial charge in [0.25, 0.3) is 0 Å². The lowest BCUT2D eigenvalue weighted by Gasteiger charge is -2.17. The molecule has 102 valence electrons. The van der Waals surface area contributed by atoms with E-state index in [1.54, 1.807) is 14.2 Å². The summed E-state index contributed by atoms with van der Waals surface area (Å²) in [5.41, 5.74) is 5.25. The van der Waals surface area contributed by atoms with Crippen molar-refractivity contribution < 1.29 is 14.3 Å². The molecule has 0 aliphatic rings. The van der Waals surface area contributed by atoms with Crippen molar-refractivity contribution in [3.63, 3.8) is 0 Å². The second-order valence-electron chi connectivity index (χ2n) is 3.52. The third-order valence-corrected chi connectivity index (χ3v) is 2.35. The average Bonchev–Trinajstić information content (AvgIpc) is 2.38. The van der Waals surface area contributed by atoms with Crippen LogP contribution in [0.3, 0.4) is 0 Å². The van der Waals surface area contributed by atoms with Crippen LogP contribution in [-0.4, -0.2) is 44.7 Å². The SMILES string of the molecule is COc1ccccc1OCCN(C)C(=O)CN.Cl. The molecule has 0 saturated carbocycles. The molecule has 2 N–H and O–H groups in total. The number of methoxy groups -OCH3 is 1. The lowest BCUT2D eigenvalue weighted by molar-refractivity contribution is -0.128. The minimum Gasteiger partial charge on any atom is -0.493 e. The van der Waals surface area contributed by atoms with Crippen molar-refractivity contribution in [3.05, 3.63) is 24.3 Å². The number of carbonyl (C=O) groups excluding carboxylic acids is 1. The van der Waals surface area contributed by atoms with E-state index in [0.717, 1.165) is 0 Å². The van der Waals surface area contributed by atoms with Gasteiger partial charge in [-0.15, -0.1) is 12.4 Å². The molecule has 0 bridgehead atoms. The van der Waals surface area contributed by atoms with Crippen LogP contribution in [-0.2, 0) is 4.79 Å². The van der Waals surface area contributed by atoms with Gasteiger partial charge in [0, 0.05) is 7.05 Å². The highest BCUT2D eigenvalue weighted by atomic mass is 35.5. The second kappa shape index (κ2) is 8.60. The molecule has 0 heterocycles. The smallest absolute Gasteiger partial charge is 0.236 e. The minimum atomic E-state index is -0.103. The number of rotatable bonds is 6. The number of benzene rings is 1. The van der Waals surface area contributed by atoms with Gasteiger partial charge >= 0.3 is 0 Å². The van der Waals surface area contributed by atoms with Crippen LogP contribution in [0.5, 0.6) is 11.5 Å². The van der Waals surface area contributed by atoms with E-state index in [1.165, 1.54) is 4.90 Å². The Bertz CT molecular complexity index is 374. The summed E-state index contributed by atoms with van der Waals surface area (Å²) in [6.45, 7) is 0.919. The number of amides is 1.